The van der Waals surface area contributed by atoms with Crippen LogP contribution in [0.4, 0.5) is 5.69 Å². The molecule has 0 spiro atoms. The molecule has 0 bridgehead atoms. The average molecular weight is 425 g/mol. The Hall–Kier alpha value is -1.91. The van der Waals surface area contributed by atoms with Crippen LogP contribution in [0.2, 0.25) is 0 Å². The predicted molar refractivity (Wildman–Crippen MR) is 109 cm³/mol. The van der Waals surface area contributed by atoms with Crippen LogP contribution in [0.15, 0.2) is 32.9 Å². The Morgan fingerprint density at radius 3 is 2.11 bits per heavy atom. The highest BCUT2D eigenvalue weighted by molar-refractivity contribution is 8.03. The van der Waals surface area contributed by atoms with Crippen molar-refractivity contribution in [2.24, 2.45) is 11.1 Å². The number of thioether (sulfide) groups is 2. The Morgan fingerprint density at radius 2 is 1.59 bits per heavy atom. The Labute approximate surface area is 169 Å². The summed E-state index contributed by atoms with van der Waals surface area (Å²) in [6.45, 7) is 5.51. The van der Waals surface area contributed by atoms with Gasteiger partial charge < -0.3 is 11.1 Å². The first kappa shape index (κ1) is 21.4. The van der Waals surface area contributed by atoms with Crippen LogP contribution in [0.1, 0.15) is 31.1 Å². The third kappa shape index (κ3) is 6.96. The normalized spacial score (nSPS) is 11.2. The van der Waals surface area contributed by atoms with Crippen molar-refractivity contribution in [3.63, 3.8) is 0 Å². The number of hydrogen-bond acceptors (Lipinski definition) is 8. The highest BCUT2D eigenvalue weighted by atomic mass is 32.2. The Morgan fingerprint density at radius 1 is 1.04 bits per heavy atom. The maximum absolute atomic E-state index is 12.3. The smallest absolute Gasteiger partial charge is 0.229 e. The van der Waals surface area contributed by atoms with Crippen molar-refractivity contribution >= 4 is 58.1 Å². The maximum Gasteiger partial charge on any atom is 0.229 e. The quantitative estimate of drug-likeness (QED) is 0.494. The minimum absolute atomic E-state index is 0.0461. The molecule has 2 rings (SSSR count). The Kier molecular flexibility index (Phi) is 7.40. The van der Waals surface area contributed by atoms with Crippen molar-refractivity contribution in [2.45, 2.75) is 29.5 Å². The second-order valence-corrected chi connectivity index (χ2v) is 10.0. The molecule has 1 heterocycles. The topological polar surface area (TPSA) is 115 Å². The number of Topliss-reactive ketones (excluding diaryl/α,β-unsaturated/α-hetero) is 1. The number of nitrogens with one attached hydrogen (secondary N) is 1. The first-order chi connectivity index (χ1) is 12.6. The molecule has 3 N–H and O–H groups in total. The van der Waals surface area contributed by atoms with E-state index in [1.165, 1.54) is 34.9 Å². The van der Waals surface area contributed by atoms with E-state index in [0.717, 1.165) is 0 Å². The lowest BCUT2D eigenvalue weighted by molar-refractivity contribution is -0.123. The van der Waals surface area contributed by atoms with Crippen molar-refractivity contribution in [2.75, 3.05) is 16.8 Å². The van der Waals surface area contributed by atoms with Gasteiger partial charge in [0.25, 0.3) is 0 Å². The van der Waals surface area contributed by atoms with Gasteiger partial charge in [0.2, 0.25) is 11.8 Å². The molecule has 0 saturated carbocycles. The van der Waals surface area contributed by atoms with Crippen LogP contribution in [-0.4, -0.2) is 39.3 Å². The SMILES string of the molecule is CC(C)(C)C(=O)Nc1ccc(C(=O)CSc2nnc(SCC(N)=O)s2)cc1. The van der Waals surface area contributed by atoms with Crippen LogP contribution in [-0.2, 0) is 9.59 Å². The number of amides is 2. The van der Waals surface area contributed by atoms with Gasteiger partial charge in [-0.15, -0.1) is 10.2 Å². The molecule has 1 aromatic carbocycles. The first-order valence-electron chi connectivity index (χ1n) is 7.97. The molecule has 0 aliphatic heterocycles. The molecular weight excluding hydrogens is 404 g/mol. The van der Waals surface area contributed by atoms with Crippen molar-refractivity contribution in [1.82, 2.24) is 10.2 Å². The summed E-state index contributed by atoms with van der Waals surface area (Å²) in [5, 5.41) is 10.8. The van der Waals surface area contributed by atoms with Crippen molar-refractivity contribution < 1.29 is 14.4 Å². The van der Waals surface area contributed by atoms with Gasteiger partial charge >= 0.3 is 0 Å². The summed E-state index contributed by atoms with van der Waals surface area (Å²) >= 11 is 3.84. The van der Waals surface area contributed by atoms with Crippen molar-refractivity contribution in [3.8, 4) is 0 Å². The number of benzene rings is 1. The molecule has 0 atom stereocenters. The number of hydrogen-bond donors (Lipinski definition) is 2. The minimum Gasteiger partial charge on any atom is -0.369 e. The first-order valence-corrected chi connectivity index (χ1v) is 10.8. The molecule has 2 amide bonds. The number of ketones is 1. The van der Waals surface area contributed by atoms with Gasteiger partial charge in [0.1, 0.15) is 0 Å². The lowest BCUT2D eigenvalue weighted by Gasteiger charge is -2.17. The number of nitrogens with two attached hydrogens (primary N) is 1. The molecular formula is C17H20N4O3S3. The molecule has 0 saturated heterocycles. The van der Waals surface area contributed by atoms with E-state index in [9.17, 15) is 14.4 Å². The average Bonchev–Trinajstić information content (AvgIpc) is 3.05. The highest BCUT2D eigenvalue weighted by Gasteiger charge is 2.21. The van der Waals surface area contributed by atoms with Gasteiger partial charge in [-0.05, 0) is 24.3 Å². The van der Waals surface area contributed by atoms with E-state index in [2.05, 4.69) is 15.5 Å². The van der Waals surface area contributed by atoms with Crippen LogP contribution in [0.25, 0.3) is 0 Å². The number of carbonyl (C=O) groups is 3. The van der Waals surface area contributed by atoms with E-state index in [4.69, 9.17) is 5.73 Å². The zero-order valence-corrected chi connectivity index (χ0v) is 17.6. The molecule has 0 unspecified atom stereocenters. The number of rotatable bonds is 8. The standard InChI is InChI=1S/C17H20N4O3S3/c1-17(2,3)14(24)19-11-6-4-10(5-7-11)12(22)8-25-15-20-21-16(27-15)26-9-13(18)23/h4-7H,8-9H2,1-3H3,(H2,18,23)(H,19,24). The number of anilines is 1. The van der Waals surface area contributed by atoms with Crippen LogP contribution in [0, 0.1) is 5.41 Å². The number of nitrogens with zero attached hydrogens (tertiary/aromatic N) is 2. The fourth-order valence-electron chi connectivity index (χ4n) is 1.72. The lowest BCUT2D eigenvalue weighted by atomic mass is 9.95. The molecule has 0 aliphatic rings. The van der Waals surface area contributed by atoms with Crippen LogP contribution >= 0.6 is 34.9 Å². The molecule has 1 aromatic heterocycles. The third-order valence-corrected chi connectivity index (χ3v) is 6.41. The van der Waals surface area contributed by atoms with Crippen molar-refractivity contribution in [1.29, 1.82) is 0 Å². The van der Waals surface area contributed by atoms with Gasteiger partial charge in [-0.2, -0.15) is 0 Å². The van der Waals surface area contributed by atoms with E-state index in [1.54, 1.807) is 24.3 Å². The maximum atomic E-state index is 12.3. The Balaban J connectivity index is 1.87. The Bertz CT molecular complexity index is 829. The summed E-state index contributed by atoms with van der Waals surface area (Å²) in [6.07, 6.45) is 0. The predicted octanol–water partition coefficient (Wildman–Crippen LogP) is 3.08. The largest absolute Gasteiger partial charge is 0.369 e. The van der Waals surface area contributed by atoms with Crippen LogP contribution in [0.5, 0.6) is 0 Å². The molecule has 2 aromatic rings. The molecule has 27 heavy (non-hydrogen) atoms. The summed E-state index contributed by atoms with van der Waals surface area (Å²) in [7, 11) is 0. The van der Waals surface area contributed by atoms with E-state index in [0.29, 0.717) is 19.9 Å². The monoisotopic (exact) mass is 424 g/mol. The zero-order chi connectivity index (χ0) is 20.0. The van der Waals surface area contributed by atoms with Gasteiger partial charge in [0, 0.05) is 16.7 Å². The second kappa shape index (κ2) is 9.34. The van der Waals surface area contributed by atoms with E-state index in [-0.39, 0.29) is 23.2 Å². The van der Waals surface area contributed by atoms with E-state index >= 15 is 0 Å². The summed E-state index contributed by atoms with van der Waals surface area (Å²) in [4.78, 5) is 35.1. The fraction of sp³-hybridized carbons (Fsp3) is 0.353. The van der Waals surface area contributed by atoms with Gasteiger partial charge in [-0.3, -0.25) is 14.4 Å². The molecule has 10 heteroatoms. The van der Waals surface area contributed by atoms with Gasteiger partial charge in [-0.25, -0.2) is 0 Å². The van der Waals surface area contributed by atoms with Crippen molar-refractivity contribution in [3.05, 3.63) is 29.8 Å². The summed E-state index contributed by atoms with van der Waals surface area (Å²) in [5.74, 6) is -0.172. The van der Waals surface area contributed by atoms with Gasteiger partial charge in [-0.1, -0.05) is 55.6 Å². The molecule has 0 fully saturated rings. The highest BCUT2D eigenvalue weighted by Crippen LogP contribution is 2.29. The lowest BCUT2D eigenvalue weighted by Crippen LogP contribution is -2.27. The molecule has 144 valence electrons. The molecule has 0 radical (unpaired) electrons. The second-order valence-electron chi connectivity index (χ2n) is 6.58. The summed E-state index contributed by atoms with van der Waals surface area (Å²) < 4.78 is 1.30. The number of carbonyl (C=O) groups excluding carboxylic acids is 3. The third-order valence-electron chi connectivity index (χ3n) is 3.20. The van der Waals surface area contributed by atoms with Crippen LogP contribution in [0.3, 0.4) is 0 Å². The number of primary amides is 1. The number of aromatic nitrogens is 2. The fourth-order valence-corrected chi connectivity index (χ4v) is 4.37. The summed E-state index contributed by atoms with van der Waals surface area (Å²) in [6, 6.07) is 6.81. The van der Waals surface area contributed by atoms with E-state index < -0.39 is 11.3 Å². The molecule has 7 nitrogen and oxygen atoms in total. The van der Waals surface area contributed by atoms with Gasteiger partial charge in [0.15, 0.2) is 14.5 Å². The van der Waals surface area contributed by atoms with E-state index in [1.807, 2.05) is 20.8 Å². The summed E-state index contributed by atoms with van der Waals surface area (Å²) in [5.41, 5.74) is 5.82. The zero-order valence-electron chi connectivity index (χ0n) is 15.1. The molecule has 0 aliphatic carbocycles. The minimum atomic E-state index is -0.485. The van der Waals surface area contributed by atoms with Crippen LogP contribution < -0.4 is 11.1 Å². The van der Waals surface area contributed by atoms with Gasteiger partial charge in [0.05, 0.1) is 11.5 Å².